The van der Waals surface area contributed by atoms with Crippen LogP contribution in [0.1, 0.15) is 116 Å². The van der Waals surface area contributed by atoms with Crippen LogP contribution in [-0.2, 0) is 23.9 Å². The fourth-order valence-electron chi connectivity index (χ4n) is 11.2. The first-order valence-electron chi connectivity index (χ1n) is 19.7. The number of methoxy groups -OCH3 is 1. The third-order valence-electron chi connectivity index (χ3n) is 14.2. The molecule has 7 unspecified atom stereocenters. The number of hydrogen-bond donors (Lipinski definition) is 3. The van der Waals surface area contributed by atoms with Crippen molar-refractivity contribution in [1.29, 1.82) is 0 Å². The summed E-state index contributed by atoms with van der Waals surface area (Å²) in [7, 11) is 1.80. The van der Waals surface area contributed by atoms with Gasteiger partial charge in [0.1, 0.15) is 17.5 Å². The van der Waals surface area contributed by atoms with Gasteiger partial charge in [0.05, 0.1) is 17.8 Å². The summed E-state index contributed by atoms with van der Waals surface area (Å²) >= 11 is 0. The number of nitrogens with zero attached hydrogens (tertiary/aromatic N) is 3. The van der Waals surface area contributed by atoms with Gasteiger partial charge >= 0.3 is 0 Å². The minimum absolute atomic E-state index is 0.00782. The van der Waals surface area contributed by atoms with Gasteiger partial charge in [-0.2, -0.15) is 0 Å². The minimum Gasteiger partial charge on any atom is -0.391 e. The second-order valence-corrected chi connectivity index (χ2v) is 17.0. The average molecular weight is 685 g/mol. The molecule has 8 atom stereocenters. The van der Waals surface area contributed by atoms with Gasteiger partial charge < -0.3 is 30.1 Å². The highest BCUT2D eigenvalue weighted by atomic mass is 16.5. The molecule has 2 heterocycles. The van der Waals surface area contributed by atoms with E-state index < -0.39 is 41.0 Å². The van der Waals surface area contributed by atoms with Gasteiger partial charge in [-0.25, -0.2) is 0 Å². The maximum atomic E-state index is 14.4. The third kappa shape index (κ3) is 7.07. The van der Waals surface area contributed by atoms with Crippen molar-refractivity contribution < 1.29 is 34.1 Å². The van der Waals surface area contributed by atoms with Crippen LogP contribution in [0.4, 0.5) is 0 Å². The standard InChI is InChI=1S/C38H60N4O7/c1-49-32-9-5-4-8-30(32)40-16-18-41(19-17-40)35(46)29(21-25-10-11-26-6-2-3-7-27(26)20-25)39-34(45)31-22-28(43)24-42(31)36(47)38-14-12-37(48,13-15-38)23-33(38)44/h25-32,43,48H,2-24H2,1H3,(H,39,45)/t25?,26?,27?,28-,29?,30?,31?,32?,37?,38?/m1/s1. The number of likely N-dealkylation sites (tertiary alicyclic amines) is 1. The molecular formula is C38H60N4O7. The fourth-order valence-corrected chi connectivity index (χ4v) is 11.2. The van der Waals surface area contributed by atoms with E-state index >= 15 is 0 Å². The molecule has 2 bridgehead atoms. The van der Waals surface area contributed by atoms with E-state index in [0.29, 0.717) is 50.2 Å². The van der Waals surface area contributed by atoms with Gasteiger partial charge in [-0.15, -0.1) is 0 Å². The van der Waals surface area contributed by atoms with Crippen LogP contribution in [0.2, 0.25) is 0 Å². The highest BCUT2D eigenvalue weighted by molar-refractivity contribution is 6.08. The molecule has 6 aliphatic carbocycles. The number of hydrogen-bond acceptors (Lipinski definition) is 8. The molecule has 2 aliphatic heterocycles. The van der Waals surface area contributed by atoms with Gasteiger partial charge in [-0.05, 0) is 75.5 Å². The van der Waals surface area contributed by atoms with Crippen molar-refractivity contribution in [2.75, 3.05) is 39.8 Å². The largest absolute Gasteiger partial charge is 0.391 e. The second-order valence-electron chi connectivity index (χ2n) is 17.0. The molecule has 11 heteroatoms. The van der Waals surface area contributed by atoms with E-state index in [-0.39, 0.29) is 50.0 Å². The molecule has 8 aliphatic rings. The number of amides is 3. The Morgan fingerprint density at radius 3 is 2.31 bits per heavy atom. The fraction of sp³-hybridized carbons (Fsp3) is 0.895. The molecule has 11 nitrogen and oxygen atoms in total. The summed E-state index contributed by atoms with van der Waals surface area (Å²) in [5, 5.41) is 24.6. The lowest BCUT2D eigenvalue weighted by Crippen LogP contribution is -2.62. The van der Waals surface area contributed by atoms with Crippen molar-refractivity contribution in [1.82, 2.24) is 20.0 Å². The molecule has 2 saturated heterocycles. The van der Waals surface area contributed by atoms with E-state index in [2.05, 4.69) is 10.2 Å². The van der Waals surface area contributed by atoms with Crippen LogP contribution < -0.4 is 5.32 Å². The predicted molar refractivity (Wildman–Crippen MR) is 182 cm³/mol. The second kappa shape index (κ2) is 14.5. The number of piperazine rings is 1. The van der Waals surface area contributed by atoms with Crippen molar-refractivity contribution in [3.8, 4) is 0 Å². The summed E-state index contributed by atoms with van der Waals surface area (Å²) in [6.45, 7) is 2.78. The topological polar surface area (TPSA) is 140 Å². The number of β-amino-alcohol motifs (C(OH)–C–C–N with tert-alkyl or cyclic N) is 1. The van der Waals surface area contributed by atoms with Gasteiger partial charge in [-0.3, -0.25) is 24.1 Å². The Balaban J connectivity index is 1.05. The Morgan fingerprint density at radius 2 is 1.59 bits per heavy atom. The maximum Gasteiger partial charge on any atom is 0.245 e. The van der Waals surface area contributed by atoms with E-state index in [1.165, 1.54) is 49.8 Å². The number of aliphatic hydroxyl groups is 2. The van der Waals surface area contributed by atoms with Crippen LogP contribution in [-0.4, -0.2) is 124 Å². The lowest BCUT2D eigenvalue weighted by Gasteiger charge is -2.49. The Hall–Kier alpha value is -2.08. The summed E-state index contributed by atoms with van der Waals surface area (Å²) in [6.07, 6.45) is 14.4. The Morgan fingerprint density at radius 1 is 0.898 bits per heavy atom. The Bertz CT molecular complexity index is 1240. The van der Waals surface area contributed by atoms with Crippen molar-refractivity contribution >= 4 is 23.5 Å². The summed E-state index contributed by atoms with van der Waals surface area (Å²) in [5.74, 6) is 0.725. The van der Waals surface area contributed by atoms with Crippen molar-refractivity contribution in [3.05, 3.63) is 0 Å². The monoisotopic (exact) mass is 684 g/mol. The number of ketones is 1. The quantitative estimate of drug-likeness (QED) is 0.332. The summed E-state index contributed by atoms with van der Waals surface area (Å²) in [6, 6.07) is -1.26. The van der Waals surface area contributed by atoms with Gasteiger partial charge in [0.25, 0.3) is 0 Å². The number of ether oxygens (including phenoxy) is 1. The molecule has 0 aromatic carbocycles. The molecule has 274 valence electrons. The Labute approximate surface area is 291 Å². The number of carbonyl (C=O) groups is 4. The number of Topliss-reactive ketones (excluding diaryl/α,β-unsaturated/α-hetero) is 1. The normalized spacial score (nSPS) is 40.6. The number of rotatable bonds is 8. The van der Waals surface area contributed by atoms with Crippen molar-refractivity contribution in [3.63, 3.8) is 0 Å². The summed E-state index contributed by atoms with van der Waals surface area (Å²) in [5.41, 5.74) is -2.26. The zero-order chi connectivity index (χ0) is 34.3. The number of carbonyl (C=O) groups excluding carboxylic acids is 4. The average Bonchev–Trinajstić information content (AvgIpc) is 3.52. The number of nitrogens with one attached hydrogen (secondary N) is 1. The number of fused-ring (bicyclic) bond motifs is 4. The van der Waals surface area contributed by atoms with Crippen LogP contribution >= 0.6 is 0 Å². The smallest absolute Gasteiger partial charge is 0.245 e. The van der Waals surface area contributed by atoms with Crippen LogP contribution in [0.3, 0.4) is 0 Å². The lowest BCUT2D eigenvalue weighted by molar-refractivity contribution is -0.170. The van der Waals surface area contributed by atoms with Crippen LogP contribution in [0.25, 0.3) is 0 Å². The van der Waals surface area contributed by atoms with Crippen LogP contribution in [0.15, 0.2) is 0 Å². The molecule has 3 N–H and O–H groups in total. The molecule has 8 rings (SSSR count). The molecule has 49 heavy (non-hydrogen) atoms. The SMILES string of the molecule is COC1CCCCC1N1CCN(C(=O)C(CC2CCC3CCCCC3C2)NC(=O)C2C[C@@H](O)CN2C(=O)C23CCC(O)(CC2)CC3=O)CC1. The first kappa shape index (κ1) is 35.3. The van der Waals surface area contributed by atoms with Gasteiger partial charge in [0.15, 0.2) is 5.78 Å². The van der Waals surface area contributed by atoms with E-state index in [1.54, 1.807) is 7.11 Å². The van der Waals surface area contributed by atoms with E-state index in [4.69, 9.17) is 4.74 Å². The summed E-state index contributed by atoms with van der Waals surface area (Å²) in [4.78, 5) is 61.7. The summed E-state index contributed by atoms with van der Waals surface area (Å²) < 4.78 is 5.84. The highest BCUT2D eigenvalue weighted by Crippen LogP contribution is 2.51. The first-order valence-corrected chi connectivity index (χ1v) is 19.7. The van der Waals surface area contributed by atoms with E-state index in [9.17, 15) is 29.4 Å². The van der Waals surface area contributed by atoms with Gasteiger partial charge in [0.2, 0.25) is 17.7 Å². The highest BCUT2D eigenvalue weighted by Gasteiger charge is 2.60. The zero-order valence-electron chi connectivity index (χ0n) is 29.7. The number of aliphatic hydroxyl groups excluding tert-OH is 1. The maximum absolute atomic E-state index is 14.4. The molecule has 0 aromatic heterocycles. The molecular weight excluding hydrogens is 624 g/mol. The first-order chi connectivity index (χ1) is 23.6. The van der Waals surface area contributed by atoms with Crippen molar-refractivity contribution in [2.45, 2.75) is 152 Å². The van der Waals surface area contributed by atoms with E-state index in [0.717, 1.165) is 44.7 Å². The predicted octanol–water partition coefficient (Wildman–Crippen LogP) is 2.80. The van der Waals surface area contributed by atoms with Gasteiger partial charge in [0, 0.05) is 58.7 Å². The van der Waals surface area contributed by atoms with Gasteiger partial charge in [-0.1, -0.05) is 44.9 Å². The molecule has 0 aromatic rings. The molecule has 6 saturated carbocycles. The Kier molecular flexibility index (Phi) is 10.5. The molecule has 0 spiro atoms. The zero-order valence-corrected chi connectivity index (χ0v) is 29.7. The minimum atomic E-state index is -1.24. The lowest BCUT2D eigenvalue weighted by atomic mass is 9.57. The van der Waals surface area contributed by atoms with E-state index in [1.807, 2.05) is 4.90 Å². The molecule has 0 radical (unpaired) electrons. The van der Waals surface area contributed by atoms with Crippen molar-refractivity contribution in [2.24, 2.45) is 23.2 Å². The molecule has 3 amide bonds. The van der Waals surface area contributed by atoms with Crippen LogP contribution in [0.5, 0.6) is 0 Å². The molecule has 8 fully saturated rings. The van der Waals surface area contributed by atoms with Crippen LogP contribution in [0, 0.1) is 23.2 Å². The third-order valence-corrected chi connectivity index (χ3v) is 14.2.